The number of rotatable bonds is 26. The van der Waals surface area contributed by atoms with Gasteiger partial charge < -0.3 is 10.5 Å². The highest BCUT2D eigenvalue weighted by molar-refractivity contribution is 8.14. The summed E-state index contributed by atoms with van der Waals surface area (Å²) in [6, 6.07) is 9.34. The van der Waals surface area contributed by atoms with Crippen molar-refractivity contribution in [2.24, 2.45) is 5.73 Å². The van der Waals surface area contributed by atoms with E-state index in [2.05, 4.69) is 20.8 Å². The zero-order valence-corrected chi connectivity index (χ0v) is 27.6. The molecule has 0 aromatic heterocycles. The van der Waals surface area contributed by atoms with E-state index >= 15 is 0 Å². The molecule has 0 saturated heterocycles. The summed E-state index contributed by atoms with van der Waals surface area (Å²) >= 11 is 1.29. The normalized spacial score (nSPS) is 11.2. The van der Waals surface area contributed by atoms with Crippen LogP contribution in [0.4, 0.5) is 0 Å². The number of nitrogens with two attached hydrogens (primary N) is 1. The third kappa shape index (κ3) is 28.1. The Hall–Kier alpha value is -1.42. The Morgan fingerprint density at radius 2 is 0.950 bits per heavy atom. The summed E-state index contributed by atoms with van der Waals surface area (Å²) in [6.45, 7) is 6.81. The van der Waals surface area contributed by atoms with Crippen molar-refractivity contribution in [1.82, 2.24) is 0 Å². The molecule has 0 atom stereocenters. The predicted molar refractivity (Wildman–Crippen MR) is 180 cm³/mol. The molecular weight excluding hydrogens is 510 g/mol. The molecule has 0 unspecified atom stereocenters. The second-order valence-corrected chi connectivity index (χ2v) is 12.3. The Morgan fingerprint density at radius 3 is 1.32 bits per heavy atom. The molecule has 232 valence electrons. The fourth-order valence-corrected chi connectivity index (χ4v) is 5.36. The number of thioether (sulfide) groups is 1. The first-order valence-corrected chi connectivity index (χ1v) is 18.0. The maximum atomic E-state index is 12.0. The summed E-state index contributed by atoms with van der Waals surface area (Å²) in [5, 5.41) is -0.100. The van der Waals surface area contributed by atoms with Crippen molar-refractivity contribution < 1.29 is 9.53 Å². The highest BCUT2D eigenvalue weighted by Gasteiger charge is 2.06. The van der Waals surface area contributed by atoms with Crippen LogP contribution in [0.3, 0.4) is 0 Å². The molecule has 0 saturated carbocycles. The molecule has 1 rings (SSSR count). The van der Waals surface area contributed by atoms with Gasteiger partial charge in [-0.05, 0) is 18.6 Å². The lowest BCUT2D eigenvalue weighted by atomic mass is 10.0. The first kappa shape index (κ1) is 38.6. The summed E-state index contributed by atoms with van der Waals surface area (Å²) in [6.07, 6.45) is 33.1. The molecule has 0 fully saturated rings. The van der Waals surface area contributed by atoms with Crippen molar-refractivity contribution >= 4 is 16.9 Å². The van der Waals surface area contributed by atoms with Crippen LogP contribution < -0.4 is 10.5 Å². The molecule has 3 nitrogen and oxygen atoms in total. The monoisotopic (exact) mass is 575 g/mol. The van der Waals surface area contributed by atoms with E-state index < -0.39 is 0 Å². The van der Waals surface area contributed by atoms with Gasteiger partial charge in [-0.15, -0.1) is 0 Å². The fraction of sp³-hybridized carbons (Fsp3) is 0.750. The van der Waals surface area contributed by atoms with Crippen LogP contribution in [0.5, 0.6) is 5.75 Å². The van der Waals surface area contributed by atoms with Gasteiger partial charge in [0.1, 0.15) is 17.7 Å². The van der Waals surface area contributed by atoms with E-state index in [-0.39, 0.29) is 10.8 Å². The van der Waals surface area contributed by atoms with E-state index in [0.29, 0.717) is 5.75 Å². The van der Waals surface area contributed by atoms with E-state index in [4.69, 9.17) is 10.5 Å². The average Bonchev–Trinajstić information content (AvgIpc) is 2.98. The van der Waals surface area contributed by atoms with Crippen LogP contribution in [-0.2, 0) is 4.79 Å². The van der Waals surface area contributed by atoms with Gasteiger partial charge in [-0.3, -0.25) is 4.79 Å². The third-order valence-corrected chi connectivity index (χ3v) is 8.23. The Kier molecular flexibility index (Phi) is 31.0. The van der Waals surface area contributed by atoms with Gasteiger partial charge in [-0.1, -0.05) is 192 Å². The molecular formula is C36H65NO2S. The number of carbonyl (C=O) groups is 1. The molecule has 1 aromatic rings. The van der Waals surface area contributed by atoms with E-state index in [0.717, 1.165) is 12.2 Å². The average molecular weight is 576 g/mol. The lowest BCUT2D eigenvalue weighted by molar-refractivity contribution is -0.108. The van der Waals surface area contributed by atoms with Gasteiger partial charge in [-0.2, -0.15) is 0 Å². The van der Waals surface area contributed by atoms with Crippen LogP contribution in [0.1, 0.15) is 168 Å². The first-order valence-electron chi connectivity index (χ1n) is 17.0. The molecule has 40 heavy (non-hydrogen) atoms. The molecule has 0 aliphatic rings. The summed E-state index contributed by atoms with van der Waals surface area (Å²) in [4.78, 5) is 12.0. The second-order valence-electron chi connectivity index (χ2n) is 11.2. The van der Waals surface area contributed by atoms with Crippen molar-refractivity contribution in [2.75, 3.05) is 5.75 Å². The van der Waals surface area contributed by atoms with E-state index in [9.17, 15) is 4.79 Å². The van der Waals surface area contributed by atoms with Gasteiger partial charge in [0.2, 0.25) is 5.12 Å². The minimum atomic E-state index is -0.100. The molecule has 0 radical (unpaired) electrons. The van der Waals surface area contributed by atoms with Gasteiger partial charge in [0.15, 0.2) is 0 Å². The highest BCUT2D eigenvalue weighted by atomic mass is 32.2. The van der Waals surface area contributed by atoms with E-state index in [1.807, 2.05) is 30.3 Å². The van der Waals surface area contributed by atoms with Crippen LogP contribution in [0.25, 0.3) is 0 Å². The number of unbranched alkanes of at least 4 members (excludes halogenated alkanes) is 21. The van der Waals surface area contributed by atoms with Crippen molar-refractivity contribution in [3.63, 3.8) is 0 Å². The fourth-order valence-electron chi connectivity index (χ4n) is 4.61. The van der Waals surface area contributed by atoms with Gasteiger partial charge in [-0.25, -0.2) is 0 Å². The van der Waals surface area contributed by atoms with Crippen molar-refractivity contribution in [1.29, 1.82) is 0 Å². The van der Waals surface area contributed by atoms with Crippen LogP contribution in [0.15, 0.2) is 42.3 Å². The minimum absolute atomic E-state index is 0.100. The van der Waals surface area contributed by atoms with Crippen molar-refractivity contribution in [2.45, 2.75) is 168 Å². The molecule has 0 aliphatic carbocycles. The van der Waals surface area contributed by atoms with Gasteiger partial charge in [0, 0.05) is 5.75 Å². The predicted octanol–water partition coefficient (Wildman–Crippen LogP) is 12.1. The quantitative estimate of drug-likeness (QED) is 0.0678. The minimum Gasteiger partial charge on any atom is -0.463 e. The molecule has 0 heterocycles. The zero-order valence-electron chi connectivity index (χ0n) is 26.7. The van der Waals surface area contributed by atoms with Gasteiger partial charge >= 0.3 is 0 Å². The van der Waals surface area contributed by atoms with Gasteiger partial charge in [0.25, 0.3) is 0 Å². The maximum Gasteiger partial charge on any atom is 0.238 e. The summed E-state index contributed by atoms with van der Waals surface area (Å²) in [5.74, 6) is 1.51. The number of hydrogen-bond acceptors (Lipinski definition) is 4. The Morgan fingerprint density at radius 1 is 0.600 bits per heavy atom. The molecule has 0 aliphatic heterocycles. The maximum absolute atomic E-state index is 12.0. The van der Waals surface area contributed by atoms with Gasteiger partial charge in [0.05, 0.1) is 0 Å². The smallest absolute Gasteiger partial charge is 0.238 e. The molecule has 4 heteroatoms. The molecule has 0 spiro atoms. The van der Waals surface area contributed by atoms with Crippen LogP contribution in [0, 0.1) is 0 Å². The summed E-state index contributed by atoms with van der Waals surface area (Å²) in [7, 11) is 0. The first-order chi connectivity index (χ1) is 19.7. The zero-order chi connectivity index (χ0) is 29.4. The SMILES string of the molecule is CCCCCCCCC.CCCCCCCCCCCCCCCCCCSC(=O)C(N)=COc1ccccc1. The van der Waals surface area contributed by atoms with Crippen LogP contribution in [0.2, 0.25) is 0 Å². The van der Waals surface area contributed by atoms with Crippen molar-refractivity contribution in [3.05, 3.63) is 42.3 Å². The molecule has 1 aromatic carbocycles. The largest absolute Gasteiger partial charge is 0.463 e. The molecule has 0 bridgehead atoms. The Balaban J connectivity index is 0.00000144. The lowest BCUT2D eigenvalue weighted by Gasteiger charge is -2.04. The van der Waals surface area contributed by atoms with Crippen LogP contribution in [-0.4, -0.2) is 10.9 Å². The Bertz CT molecular complexity index is 671. The number of para-hydroxylation sites is 1. The number of ether oxygens (including phenoxy) is 1. The summed E-state index contributed by atoms with van der Waals surface area (Å²) in [5.41, 5.74) is 5.97. The second kappa shape index (κ2) is 32.1. The topological polar surface area (TPSA) is 52.3 Å². The van der Waals surface area contributed by atoms with Crippen molar-refractivity contribution in [3.8, 4) is 5.75 Å². The molecule has 2 N–H and O–H groups in total. The number of hydrogen-bond donors (Lipinski definition) is 1. The number of benzene rings is 1. The Labute approximate surface area is 253 Å². The third-order valence-electron chi connectivity index (χ3n) is 7.24. The highest BCUT2D eigenvalue weighted by Crippen LogP contribution is 2.16. The van der Waals surface area contributed by atoms with E-state index in [1.54, 1.807) is 0 Å². The summed E-state index contributed by atoms with van der Waals surface area (Å²) < 4.78 is 5.40. The molecule has 0 amide bonds. The van der Waals surface area contributed by atoms with Crippen LogP contribution >= 0.6 is 11.8 Å². The number of carbonyl (C=O) groups excluding carboxylic acids is 1. The van der Waals surface area contributed by atoms with E-state index in [1.165, 1.54) is 159 Å². The lowest BCUT2D eigenvalue weighted by Crippen LogP contribution is -2.09. The standard InChI is InChI=1S/C27H45NO2S.C9H20/c1-2-3-4-5-6-7-8-9-10-11-12-13-14-15-16-20-23-31-27(29)26(28)24-30-25-21-18-17-19-22-25;1-3-5-7-9-8-6-4-2/h17-19,21-22,24H,2-16,20,23,28H2,1H3;3-9H2,1-2H3.